The van der Waals surface area contributed by atoms with Crippen LogP contribution in [0.15, 0.2) is 0 Å². The molecule has 0 N–H and O–H groups in total. The minimum absolute atomic E-state index is 0.0176. The smallest absolute Gasteiger partial charge is 0.168 e. The second kappa shape index (κ2) is 7.41. The maximum atomic E-state index is 7.97. The van der Waals surface area contributed by atoms with Gasteiger partial charge in [0.1, 0.15) is 0 Å². The molecular formula is C6H11NO2. The molecule has 0 bridgehead atoms. The Kier molecular flexibility index (Phi) is 6.92. The van der Waals surface area contributed by atoms with Crippen LogP contribution in [0.25, 0.3) is 0 Å². The van der Waals surface area contributed by atoms with Gasteiger partial charge in [0, 0.05) is 0 Å². The van der Waals surface area contributed by atoms with Crippen molar-refractivity contribution >= 4 is 0 Å². The van der Waals surface area contributed by atoms with Gasteiger partial charge in [0.15, 0.2) is 6.61 Å². The second-order valence-corrected chi connectivity index (χ2v) is 1.60. The summed E-state index contributed by atoms with van der Waals surface area (Å²) in [6, 6.07) is 1.80. The number of unbranched alkanes of at least 4 members (excludes halogenated alkanes) is 1. The van der Waals surface area contributed by atoms with Gasteiger partial charge in [-0.05, 0) is 6.42 Å². The standard InChI is InChI=1S/C6H11NO2/c1-2-3-5-8-9-6-4-7/h2-3,5-6H2,1H3. The highest BCUT2D eigenvalue weighted by Crippen LogP contribution is 1.87. The van der Waals surface area contributed by atoms with Crippen LogP contribution in [0, 0.1) is 11.3 Å². The molecule has 0 spiro atoms. The summed E-state index contributed by atoms with van der Waals surface area (Å²) in [4.78, 5) is 9.02. The highest BCUT2D eigenvalue weighted by Gasteiger charge is 1.84. The van der Waals surface area contributed by atoms with Gasteiger partial charge >= 0.3 is 0 Å². The molecule has 0 heterocycles. The Balaban J connectivity index is 2.69. The molecule has 0 atom stereocenters. The minimum atomic E-state index is 0.0176. The first kappa shape index (κ1) is 8.41. The fourth-order valence-electron chi connectivity index (χ4n) is 0.330. The van der Waals surface area contributed by atoms with Crippen LogP contribution >= 0.6 is 0 Å². The lowest BCUT2D eigenvalue weighted by atomic mass is 10.4. The second-order valence-electron chi connectivity index (χ2n) is 1.60. The summed E-state index contributed by atoms with van der Waals surface area (Å²) in [5.41, 5.74) is 0. The first-order valence-corrected chi connectivity index (χ1v) is 3.03. The van der Waals surface area contributed by atoms with Gasteiger partial charge in [0.2, 0.25) is 0 Å². The van der Waals surface area contributed by atoms with E-state index in [1.54, 1.807) is 6.07 Å². The molecular weight excluding hydrogens is 118 g/mol. The lowest BCUT2D eigenvalue weighted by Gasteiger charge is -1.96. The maximum Gasteiger partial charge on any atom is 0.168 e. The van der Waals surface area contributed by atoms with Gasteiger partial charge in [-0.25, -0.2) is 9.78 Å². The molecule has 3 nitrogen and oxygen atoms in total. The molecule has 0 radical (unpaired) electrons. The van der Waals surface area contributed by atoms with Gasteiger partial charge < -0.3 is 0 Å². The SMILES string of the molecule is CCCCOOCC#N. The molecule has 0 fully saturated rings. The summed E-state index contributed by atoms with van der Waals surface area (Å²) in [5, 5.41) is 7.97. The Morgan fingerprint density at radius 3 is 2.78 bits per heavy atom. The monoisotopic (exact) mass is 129 g/mol. The third kappa shape index (κ3) is 7.41. The molecule has 9 heavy (non-hydrogen) atoms. The molecule has 0 saturated heterocycles. The molecule has 0 unspecified atom stereocenters. The lowest BCUT2D eigenvalue weighted by Crippen LogP contribution is -1.95. The predicted molar refractivity (Wildman–Crippen MR) is 32.4 cm³/mol. The first-order valence-electron chi connectivity index (χ1n) is 3.03. The Bertz CT molecular complexity index is 87.5. The van der Waals surface area contributed by atoms with E-state index in [1.165, 1.54) is 0 Å². The van der Waals surface area contributed by atoms with E-state index in [0.29, 0.717) is 6.61 Å². The van der Waals surface area contributed by atoms with E-state index in [4.69, 9.17) is 5.26 Å². The van der Waals surface area contributed by atoms with Crippen LogP contribution in [0.4, 0.5) is 0 Å². The molecule has 52 valence electrons. The average Bonchev–Trinajstić information content (AvgIpc) is 1.89. The first-order chi connectivity index (χ1) is 4.41. The fraction of sp³-hybridized carbons (Fsp3) is 0.833. The summed E-state index contributed by atoms with van der Waals surface area (Å²) in [5.74, 6) is 0. The minimum Gasteiger partial charge on any atom is -0.236 e. The van der Waals surface area contributed by atoms with Crippen LogP contribution in [0.1, 0.15) is 19.8 Å². The van der Waals surface area contributed by atoms with Crippen molar-refractivity contribution in [1.29, 1.82) is 5.26 Å². The van der Waals surface area contributed by atoms with Crippen LogP contribution in [0.3, 0.4) is 0 Å². The Hall–Kier alpha value is -0.590. The third-order valence-electron chi connectivity index (χ3n) is 0.788. The van der Waals surface area contributed by atoms with Gasteiger partial charge in [0.25, 0.3) is 0 Å². The number of hydrogen-bond donors (Lipinski definition) is 0. The number of rotatable bonds is 5. The van der Waals surface area contributed by atoms with Gasteiger partial charge in [-0.15, -0.1) is 0 Å². The quantitative estimate of drug-likeness (QED) is 0.319. The zero-order chi connectivity index (χ0) is 6.95. The molecule has 0 aromatic carbocycles. The maximum absolute atomic E-state index is 7.97. The van der Waals surface area contributed by atoms with Crippen LogP contribution in [-0.4, -0.2) is 13.2 Å². The zero-order valence-electron chi connectivity index (χ0n) is 5.59. The van der Waals surface area contributed by atoms with Crippen molar-refractivity contribution in [3.05, 3.63) is 0 Å². The predicted octanol–water partition coefficient (Wildman–Crippen LogP) is 1.26. The molecule has 0 amide bonds. The Labute approximate surface area is 55.1 Å². The average molecular weight is 129 g/mol. The lowest BCUT2D eigenvalue weighted by molar-refractivity contribution is -0.285. The van der Waals surface area contributed by atoms with Crippen molar-refractivity contribution in [2.45, 2.75) is 19.8 Å². The van der Waals surface area contributed by atoms with Gasteiger partial charge in [-0.3, -0.25) is 0 Å². The molecule has 0 aliphatic carbocycles. The topological polar surface area (TPSA) is 42.2 Å². The van der Waals surface area contributed by atoms with E-state index in [1.807, 2.05) is 0 Å². The van der Waals surface area contributed by atoms with E-state index in [0.717, 1.165) is 12.8 Å². The van der Waals surface area contributed by atoms with Gasteiger partial charge in [-0.2, -0.15) is 5.26 Å². The van der Waals surface area contributed by atoms with Crippen LogP contribution < -0.4 is 0 Å². The zero-order valence-corrected chi connectivity index (χ0v) is 5.59. The molecule has 0 aromatic heterocycles. The molecule has 0 aliphatic rings. The summed E-state index contributed by atoms with van der Waals surface area (Å²) in [6.07, 6.45) is 2.06. The van der Waals surface area contributed by atoms with Crippen molar-refractivity contribution in [2.75, 3.05) is 13.2 Å². The fourth-order valence-corrected chi connectivity index (χ4v) is 0.330. The van der Waals surface area contributed by atoms with E-state index in [2.05, 4.69) is 16.7 Å². The van der Waals surface area contributed by atoms with Crippen molar-refractivity contribution in [3.8, 4) is 6.07 Å². The molecule has 0 aromatic rings. The van der Waals surface area contributed by atoms with Crippen molar-refractivity contribution in [3.63, 3.8) is 0 Å². The van der Waals surface area contributed by atoms with Crippen molar-refractivity contribution in [1.82, 2.24) is 0 Å². The number of hydrogen-bond acceptors (Lipinski definition) is 3. The Morgan fingerprint density at radius 1 is 1.44 bits per heavy atom. The normalized spacial score (nSPS) is 8.89. The van der Waals surface area contributed by atoms with Gasteiger partial charge in [-0.1, -0.05) is 13.3 Å². The van der Waals surface area contributed by atoms with E-state index in [-0.39, 0.29) is 6.61 Å². The van der Waals surface area contributed by atoms with E-state index in [9.17, 15) is 0 Å². The molecule has 0 aliphatic heterocycles. The highest BCUT2D eigenvalue weighted by atomic mass is 17.2. The number of nitrogens with zero attached hydrogens (tertiary/aromatic N) is 1. The van der Waals surface area contributed by atoms with Crippen molar-refractivity contribution < 1.29 is 9.78 Å². The van der Waals surface area contributed by atoms with Crippen LogP contribution in [-0.2, 0) is 9.78 Å². The van der Waals surface area contributed by atoms with Gasteiger partial charge in [0.05, 0.1) is 12.7 Å². The highest BCUT2D eigenvalue weighted by molar-refractivity contribution is 4.64. The molecule has 0 saturated carbocycles. The molecule has 0 rings (SSSR count). The number of nitriles is 1. The summed E-state index contributed by atoms with van der Waals surface area (Å²) in [6.45, 7) is 2.66. The van der Waals surface area contributed by atoms with E-state index >= 15 is 0 Å². The third-order valence-corrected chi connectivity index (χ3v) is 0.788. The van der Waals surface area contributed by atoms with Crippen LogP contribution in [0.5, 0.6) is 0 Å². The Morgan fingerprint density at radius 2 is 2.22 bits per heavy atom. The summed E-state index contributed by atoms with van der Waals surface area (Å²) >= 11 is 0. The van der Waals surface area contributed by atoms with Crippen molar-refractivity contribution in [2.24, 2.45) is 0 Å². The summed E-state index contributed by atoms with van der Waals surface area (Å²) < 4.78 is 0. The largest absolute Gasteiger partial charge is 0.236 e. The van der Waals surface area contributed by atoms with Crippen LogP contribution in [0.2, 0.25) is 0 Å². The van der Waals surface area contributed by atoms with E-state index < -0.39 is 0 Å². The summed E-state index contributed by atoms with van der Waals surface area (Å²) in [7, 11) is 0. The molecule has 3 heteroatoms.